The van der Waals surface area contributed by atoms with Gasteiger partial charge in [-0.3, -0.25) is 4.79 Å². The maximum atomic E-state index is 11.9. The molecular weight excluding hydrogens is 356 g/mol. The summed E-state index contributed by atoms with van der Waals surface area (Å²) >= 11 is 1.42. The smallest absolute Gasteiger partial charge is 0.250 e. The van der Waals surface area contributed by atoms with E-state index in [0.29, 0.717) is 22.8 Å². The van der Waals surface area contributed by atoms with E-state index in [1.165, 1.54) is 18.0 Å². The number of rotatable bonds is 7. The van der Waals surface area contributed by atoms with Gasteiger partial charge in [-0.15, -0.1) is 11.8 Å². The Kier molecular flexibility index (Phi) is 5.85. The lowest BCUT2D eigenvalue weighted by atomic mass is 10.2. The molecule has 1 amide bonds. The number of carbonyl (C=O) groups is 1. The summed E-state index contributed by atoms with van der Waals surface area (Å²) < 4.78 is 21.0. The number of hydrogen-bond acceptors (Lipinski definition) is 7. The fraction of sp³-hybridized carbons (Fsp3) is 0.222. The van der Waals surface area contributed by atoms with E-state index < -0.39 is 0 Å². The predicted molar refractivity (Wildman–Crippen MR) is 98.6 cm³/mol. The van der Waals surface area contributed by atoms with E-state index >= 15 is 0 Å². The molecular formula is C18H18N2O5S. The Hall–Kier alpha value is -2.87. The number of ether oxygens (including phenoxy) is 4. The lowest BCUT2D eigenvalue weighted by Crippen LogP contribution is -2.19. The van der Waals surface area contributed by atoms with E-state index in [1.54, 1.807) is 26.4 Å². The standard InChI is InChI=1S/C18H18N2O5S/c1-22-13-3-5-14(6-4-13)26-10-18(21)20-19-9-12-7-16-17(25-11-24-16)8-15(12)23-2/h3-9H,10-11H2,1-2H3,(H,20,21)/b19-9-. The van der Waals surface area contributed by atoms with Crippen LogP contribution in [0.3, 0.4) is 0 Å². The second kappa shape index (κ2) is 8.48. The molecule has 1 heterocycles. The Morgan fingerprint density at radius 2 is 1.92 bits per heavy atom. The van der Waals surface area contributed by atoms with Crippen LogP contribution in [0.1, 0.15) is 5.56 Å². The van der Waals surface area contributed by atoms with E-state index in [-0.39, 0.29) is 18.5 Å². The molecule has 1 aliphatic heterocycles. The minimum Gasteiger partial charge on any atom is -0.497 e. The SMILES string of the molecule is COc1ccc(SCC(=O)N/N=C\c2cc3c(cc2OC)OCO3)cc1. The van der Waals surface area contributed by atoms with Crippen LogP contribution in [0.5, 0.6) is 23.0 Å². The number of carbonyl (C=O) groups excluding carboxylic acids is 1. The van der Waals surface area contributed by atoms with Crippen molar-refractivity contribution in [3.8, 4) is 23.0 Å². The molecule has 0 unspecified atom stereocenters. The minimum atomic E-state index is -0.207. The highest BCUT2D eigenvalue weighted by Crippen LogP contribution is 2.37. The van der Waals surface area contributed by atoms with Crippen molar-refractivity contribution in [1.82, 2.24) is 5.43 Å². The summed E-state index contributed by atoms with van der Waals surface area (Å²) in [5.74, 6) is 2.65. The van der Waals surface area contributed by atoms with Crippen molar-refractivity contribution in [2.24, 2.45) is 5.10 Å². The van der Waals surface area contributed by atoms with Crippen LogP contribution in [0.15, 0.2) is 46.4 Å². The highest BCUT2D eigenvalue weighted by atomic mass is 32.2. The quantitative estimate of drug-likeness (QED) is 0.456. The molecule has 8 heteroatoms. The maximum absolute atomic E-state index is 11.9. The summed E-state index contributed by atoms with van der Waals surface area (Å²) in [6.45, 7) is 0.179. The van der Waals surface area contributed by atoms with Crippen LogP contribution < -0.4 is 24.4 Å². The number of fused-ring (bicyclic) bond motifs is 1. The van der Waals surface area contributed by atoms with E-state index in [4.69, 9.17) is 18.9 Å². The molecule has 0 spiro atoms. The summed E-state index contributed by atoms with van der Waals surface area (Å²) in [6.07, 6.45) is 1.51. The van der Waals surface area contributed by atoms with Gasteiger partial charge in [0.1, 0.15) is 11.5 Å². The van der Waals surface area contributed by atoms with Crippen LogP contribution >= 0.6 is 11.8 Å². The van der Waals surface area contributed by atoms with E-state index in [2.05, 4.69) is 10.5 Å². The summed E-state index contributed by atoms with van der Waals surface area (Å²) in [6, 6.07) is 11.0. The molecule has 0 radical (unpaired) electrons. The molecule has 2 aromatic carbocycles. The summed E-state index contributed by atoms with van der Waals surface area (Å²) in [4.78, 5) is 12.9. The third-order valence-corrected chi connectivity index (χ3v) is 4.56. The normalized spacial score (nSPS) is 12.2. The molecule has 1 N–H and O–H groups in total. The van der Waals surface area contributed by atoms with E-state index in [9.17, 15) is 4.79 Å². The highest BCUT2D eigenvalue weighted by molar-refractivity contribution is 8.00. The molecule has 0 saturated heterocycles. The van der Waals surface area contributed by atoms with Crippen LogP contribution in [-0.4, -0.2) is 38.9 Å². The van der Waals surface area contributed by atoms with Gasteiger partial charge in [0, 0.05) is 16.5 Å². The Balaban J connectivity index is 1.54. The summed E-state index contributed by atoms with van der Waals surface area (Å²) in [7, 11) is 3.17. The summed E-state index contributed by atoms with van der Waals surface area (Å²) in [5.41, 5.74) is 3.18. The number of thioether (sulfide) groups is 1. The van der Waals surface area contributed by atoms with Crippen molar-refractivity contribution in [3.63, 3.8) is 0 Å². The number of nitrogens with zero attached hydrogens (tertiary/aromatic N) is 1. The van der Waals surface area contributed by atoms with Gasteiger partial charge in [-0.05, 0) is 30.3 Å². The Morgan fingerprint density at radius 3 is 2.62 bits per heavy atom. The first kappa shape index (κ1) is 17.9. The Bertz CT molecular complexity index is 808. The van der Waals surface area contributed by atoms with Crippen molar-refractivity contribution < 1.29 is 23.7 Å². The largest absolute Gasteiger partial charge is 0.497 e. The molecule has 0 aromatic heterocycles. The van der Waals surface area contributed by atoms with Crippen molar-refractivity contribution in [2.75, 3.05) is 26.8 Å². The van der Waals surface area contributed by atoms with Gasteiger partial charge in [0.25, 0.3) is 0 Å². The average molecular weight is 374 g/mol. The zero-order valence-electron chi connectivity index (χ0n) is 14.4. The monoisotopic (exact) mass is 374 g/mol. The molecule has 0 saturated carbocycles. The third-order valence-electron chi connectivity index (χ3n) is 3.55. The first-order valence-electron chi connectivity index (χ1n) is 7.76. The summed E-state index contributed by atoms with van der Waals surface area (Å²) in [5, 5.41) is 3.98. The Morgan fingerprint density at radius 1 is 1.19 bits per heavy atom. The van der Waals surface area contributed by atoms with Crippen LogP contribution in [0.4, 0.5) is 0 Å². The van der Waals surface area contributed by atoms with Crippen molar-refractivity contribution in [1.29, 1.82) is 0 Å². The Labute approximate surface area is 155 Å². The predicted octanol–water partition coefficient (Wildman–Crippen LogP) is 2.67. The molecule has 0 aliphatic carbocycles. The molecule has 7 nitrogen and oxygen atoms in total. The van der Waals surface area contributed by atoms with Crippen LogP contribution in [0.2, 0.25) is 0 Å². The van der Waals surface area contributed by atoms with Gasteiger partial charge in [-0.1, -0.05) is 0 Å². The van der Waals surface area contributed by atoms with Gasteiger partial charge in [0.2, 0.25) is 12.7 Å². The highest BCUT2D eigenvalue weighted by Gasteiger charge is 2.17. The molecule has 1 aliphatic rings. The molecule has 2 aromatic rings. The number of hydrogen-bond donors (Lipinski definition) is 1. The van der Waals surface area contributed by atoms with Crippen LogP contribution in [-0.2, 0) is 4.79 Å². The van der Waals surface area contributed by atoms with Gasteiger partial charge in [0.15, 0.2) is 11.5 Å². The van der Waals surface area contributed by atoms with E-state index in [1.807, 2.05) is 24.3 Å². The van der Waals surface area contributed by atoms with Gasteiger partial charge in [-0.2, -0.15) is 5.10 Å². The first-order valence-corrected chi connectivity index (χ1v) is 8.74. The van der Waals surface area contributed by atoms with E-state index in [0.717, 1.165) is 10.6 Å². The number of hydrazone groups is 1. The fourth-order valence-corrected chi connectivity index (χ4v) is 2.93. The first-order chi connectivity index (χ1) is 12.7. The molecule has 0 bridgehead atoms. The third kappa shape index (κ3) is 4.40. The molecule has 0 atom stereocenters. The maximum Gasteiger partial charge on any atom is 0.250 e. The average Bonchev–Trinajstić information content (AvgIpc) is 3.13. The van der Waals surface area contributed by atoms with Gasteiger partial charge in [-0.25, -0.2) is 5.43 Å². The molecule has 0 fully saturated rings. The van der Waals surface area contributed by atoms with Gasteiger partial charge in [0.05, 0.1) is 26.2 Å². The molecule has 26 heavy (non-hydrogen) atoms. The zero-order valence-corrected chi connectivity index (χ0v) is 15.2. The van der Waals surface area contributed by atoms with Crippen molar-refractivity contribution in [3.05, 3.63) is 42.0 Å². The fourth-order valence-electron chi connectivity index (χ4n) is 2.24. The minimum absolute atomic E-state index is 0.179. The second-order valence-corrected chi connectivity index (χ2v) is 6.25. The zero-order chi connectivity index (χ0) is 18.4. The number of amides is 1. The number of benzene rings is 2. The molecule has 3 rings (SSSR count). The van der Waals surface area contributed by atoms with Crippen molar-refractivity contribution in [2.45, 2.75) is 4.90 Å². The number of nitrogens with one attached hydrogen (secondary N) is 1. The van der Waals surface area contributed by atoms with Crippen LogP contribution in [0, 0.1) is 0 Å². The van der Waals surface area contributed by atoms with Crippen molar-refractivity contribution >= 4 is 23.9 Å². The lowest BCUT2D eigenvalue weighted by Gasteiger charge is -2.06. The van der Waals surface area contributed by atoms with Gasteiger partial charge >= 0.3 is 0 Å². The second-order valence-electron chi connectivity index (χ2n) is 5.20. The topological polar surface area (TPSA) is 78.4 Å². The number of methoxy groups -OCH3 is 2. The lowest BCUT2D eigenvalue weighted by molar-refractivity contribution is -0.118. The van der Waals surface area contributed by atoms with Crippen LogP contribution in [0.25, 0.3) is 0 Å². The molecule has 136 valence electrons. The van der Waals surface area contributed by atoms with Gasteiger partial charge < -0.3 is 18.9 Å².